The molecule has 0 spiro atoms. The number of ether oxygens (including phenoxy) is 4. The summed E-state index contributed by atoms with van der Waals surface area (Å²) in [4.78, 5) is 54.1. The Morgan fingerprint density at radius 3 is 2.40 bits per heavy atom. The smallest absolute Gasteiger partial charge is 0.303 e. The molecular formula is C34H49N3O8. The molecule has 0 aromatic rings. The third-order valence-electron chi connectivity index (χ3n) is 8.42. The van der Waals surface area contributed by atoms with Gasteiger partial charge in [0.05, 0.1) is 23.6 Å². The lowest BCUT2D eigenvalue weighted by atomic mass is 9.85. The number of likely N-dealkylation sites (tertiary alicyclic amines) is 1. The first-order valence-electron chi connectivity index (χ1n) is 15.6. The molecule has 1 aliphatic carbocycles. The Labute approximate surface area is 266 Å². The zero-order valence-corrected chi connectivity index (χ0v) is 27.6. The molecule has 0 unspecified atom stereocenters. The summed E-state index contributed by atoms with van der Waals surface area (Å²) < 4.78 is 23.2. The first-order chi connectivity index (χ1) is 21.5. The summed E-state index contributed by atoms with van der Waals surface area (Å²) in [6, 6.07) is 0. The number of carbonyl (C=O) groups is 4. The number of nitrogens with one attached hydrogen (secondary N) is 2. The predicted molar refractivity (Wildman–Crippen MR) is 170 cm³/mol. The molecule has 1 fully saturated rings. The van der Waals surface area contributed by atoms with E-state index in [4.69, 9.17) is 18.9 Å². The molecule has 11 heteroatoms. The summed E-state index contributed by atoms with van der Waals surface area (Å²) in [5.74, 6) is -2.01. The topological polar surface area (TPSA) is 132 Å². The number of fused-ring (bicyclic) bond motifs is 2. The highest BCUT2D eigenvalue weighted by Crippen LogP contribution is 2.29. The molecule has 0 aromatic carbocycles. The van der Waals surface area contributed by atoms with Crippen LogP contribution in [0.4, 0.5) is 0 Å². The average Bonchev–Trinajstić information content (AvgIpc) is 2.96. The van der Waals surface area contributed by atoms with E-state index in [1.165, 1.54) is 32.3 Å². The van der Waals surface area contributed by atoms with Crippen molar-refractivity contribution in [2.24, 2.45) is 11.8 Å². The maximum atomic E-state index is 13.7. The van der Waals surface area contributed by atoms with E-state index < -0.39 is 29.9 Å². The van der Waals surface area contributed by atoms with Crippen molar-refractivity contribution in [1.29, 1.82) is 0 Å². The van der Waals surface area contributed by atoms with Crippen LogP contribution in [0.25, 0.3) is 0 Å². The second kappa shape index (κ2) is 17.4. The van der Waals surface area contributed by atoms with Gasteiger partial charge in [0.2, 0.25) is 17.5 Å². The summed E-state index contributed by atoms with van der Waals surface area (Å²) in [6.07, 6.45) is 9.09. The van der Waals surface area contributed by atoms with Crippen LogP contribution in [-0.2, 0) is 38.1 Å². The van der Waals surface area contributed by atoms with Crippen LogP contribution in [0.1, 0.15) is 47.0 Å². The second-order valence-electron chi connectivity index (χ2n) is 12.0. The summed E-state index contributed by atoms with van der Waals surface area (Å²) >= 11 is 0. The Morgan fingerprint density at radius 2 is 1.80 bits per heavy atom. The van der Waals surface area contributed by atoms with Crippen LogP contribution in [0, 0.1) is 11.8 Å². The molecule has 2 heterocycles. The van der Waals surface area contributed by atoms with E-state index in [9.17, 15) is 19.2 Å². The first-order valence-corrected chi connectivity index (χ1v) is 15.6. The Bertz CT molecular complexity index is 1250. The highest BCUT2D eigenvalue weighted by Gasteiger charge is 2.34. The number of rotatable bonds is 8. The molecule has 0 radical (unpaired) electrons. The van der Waals surface area contributed by atoms with Crippen LogP contribution in [-0.4, -0.2) is 100 Å². The fourth-order valence-corrected chi connectivity index (χ4v) is 6.01. The van der Waals surface area contributed by atoms with E-state index in [0.717, 1.165) is 31.6 Å². The SMILES string of the molecule is CO[C@H]1[C@@H](OC)C[C@H](C)CC2=C(NCCN3CCC3)C(=O)C=C(NC(=O)/C=C\C=C\[C@H](OC)[C@@H](OC(C)=O)/C(C)=C/[C@@H]1C)C2=O. The molecule has 1 saturated heterocycles. The van der Waals surface area contributed by atoms with Crippen LogP contribution in [0.5, 0.6) is 0 Å². The van der Waals surface area contributed by atoms with Gasteiger partial charge in [0, 0.05) is 65.0 Å². The van der Waals surface area contributed by atoms with E-state index >= 15 is 0 Å². The molecule has 2 N–H and O–H groups in total. The van der Waals surface area contributed by atoms with Crippen LogP contribution in [0.3, 0.4) is 0 Å². The molecule has 0 saturated carbocycles. The third-order valence-corrected chi connectivity index (χ3v) is 8.42. The van der Waals surface area contributed by atoms with Crippen molar-refractivity contribution in [2.45, 2.75) is 71.4 Å². The van der Waals surface area contributed by atoms with Gasteiger partial charge in [0.1, 0.15) is 6.10 Å². The number of ketones is 2. The maximum absolute atomic E-state index is 13.7. The van der Waals surface area contributed by atoms with Gasteiger partial charge in [-0.2, -0.15) is 0 Å². The average molecular weight is 628 g/mol. The number of hydrogen-bond acceptors (Lipinski definition) is 10. The van der Waals surface area contributed by atoms with Crippen molar-refractivity contribution in [3.05, 3.63) is 59.0 Å². The van der Waals surface area contributed by atoms with Crippen molar-refractivity contribution >= 4 is 23.4 Å². The van der Waals surface area contributed by atoms with Gasteiger partial charge in [0.15, 0.2) is 6.10 Å². The standard InChI is InChI=1S/C34H49N3O8/c1-21-17-25-31(35-13-16-37-14-10-15-37)27(39)20-26(32(25)41)36-30(40)12-9-8-11-28(42-5)34(45-24(4)38)23(3)19-22(2)33(44-7)29(18-21)43-6/h8-9,11-12,19-22,28-29,33-35H,10,13-18H2,1-7H3,(H,36,40)/b11-8+,12-9-,23-19+/t21-,22+,28+,29+,33-,34+/m1/s1. The van der Waals surface area contributed by atoms with Gasteiger partial charge in [0.25, 0.3) is 0 Å². The number of methoxy groups -OCH3 is 3. The lowest BCUT2D eigenvalue weighted by molar-refractivity contribution is -0.149. The molecule has 1 amide bonds. The van der Waals surface area contributed by atoms with Crippen molar-refractivity contribution in [3.8, 4) is 0 Å². The number of hydrogen-bond donors (Lipinski definition) is 2. The van der Waals surface area contributed by atoms with E-state index in [0.29, 0.717) is 25.0 Å². The third kappa shape index (κ3) is 10.1. The van der Waals surface area contributed by atoms with Gasteiger partial charge in [-0.3, -0.25) is 19.2 Å². The minimum absolute atomic E-state index is 0.0664. The highest BCUT2D eigenvalue weighted by molar-refractivity contribution is 6.23. The fraction of sp³-hybridized carbons (Fsp3) is 0.588. The summed E-state index contributed by atoms with van der Waals surface area (Å²) in [5.41, 5.74) is 1.32. The maximum Gasteiger partial charge on any atom is 0.303 e. The molecule has 3 aliphatic rings. The molecule has 2 aliphatic heterocycles. The van der Waals surface area contributed by atoms with Crippen LogP contribution in [0.15, 0.2) is 59.0 Å². The zero-order valence-electron chi connectivity index (χ0n) is 27.6. The Morgan fingerprint density at radius 1 is 1.07 bits per heavy atom. The van der Waals surface area contributed by atoms with E-state index in [1.807, 2.05) is 26.8 Å². The quantitative estimate of drug-likeness (QED) is 0.235. The van der Waals surface area contributed by atoms with Gasteiger partial charge >= 0.3 is 5.97 Å². The summed E-state index contributed by atoms with van der Waals surface area (Å²) in [7, 11) is 4.75. The van der Waals surface area contributed by atoms with Crippen LogP contribution < -0.4 is 10.6 Å². The van der Waals surface area contributed by atoms with Crippen molar-refractivity contribution in [1.82, 2.24) is 15.5 Å². The number of amides is 1. The molecule has 3 rings (SSSR count). The Kier molecular flexibility index (Phi) is 13.9. The molecule has 45 heavy (non-hydrogen) atoms. The molecule has 2 bridgehead atoms. The van der Waals surface area contributed by atoms with Crippen molar-refractivity contribution in [2.75, 3.05) is 47.5 Å². The highest BCUT2D eigenvalue weighted by atomic mass is 16.6. The van der Waals surface area contributed by atoms with Crippen LogP contribution >= 0.6 is 0 Å². The minimum atomic E-state index is -0.722. The monoisotopic (exact) mass is 627 g/mol. The number of carbonyl (C=O) groups excluding carboxylic acids is 4. The molecule has 248 valence electrons. The lowest BCUT2D eigenvalue weighted by Crippen LogP contribution is -2.42. The molecule has 6 atom stereocenters. The van der Waals surface area contributed by atoms with Gasteiger partial charge < -0.3 is 34.5 Å². The van der Waals surface area contributed by atoms with Gasteiger partial charge in [-0.1, -0.05) is 38.2 Å². The van der Waals surface area contributed by atoms with Gasteiger partial charge in [-0.25, -0.2) is 0 Å². The molecular weight excluding hydrogens is 578 g/mol. The first kappa shape index (κ1) is 36.1. The van der Waals surface area contributed by atoms with Gasteiger partial charge in [-0.05, 0) is 50.8 Å². The Hall–Kier alpha value is -3.38. The second-order valence-corrected chi connectivity index (χ2v) is 12.0. The van der Waals surface area contributed by atoms with E-state index in [-0.39, 0.29) is 41.2 Å². The van der Waals surface area contributed by atoms with Crippen molar-refractivity contribution in [3.63, 3.8) is 0 Å². The Balaban J connectivity index is 2.00. The van der Waals surface area contributed by atoms with E-state index in [2.05, 4.69) is 15.5 Å². The van der Waals surface area contributed by atoms with E-state index in [1.54, 1.807) is 26.4 Å². The van der Waals surface area contributed by atoms with Gasteiger partial charge in [-0.15, -0.1) is 0 Å². The molecule has 11 nitrogen and oxygen atoms in total. The lowest BCUT2D eigenvalue weighted by Gasteiger charge is -2.32. The minimum Gasteiger partial charge on any atom is -0.455 e. The normalized spacial score (nSPS) is 31.7. The summed E-state index contributed by atoms with van der Waals surface area (Å²) in [6.45, 7) is 10.6. The largest absolute Gasteiger partial charge is 0.455 e. The predicted octanol–water partition coefficient (Wildman–Crippen LogP) is 2.79. The van der Waals surface area contributed by atoms with Crippen molar-refractivity contribution < 1.29 is 38.1 Å². The molecule has 0 aromatic heterocycles. The number of Topliss-reactive ketones (excluding diaryl/α,β-unsaturated/α-hetero) is 1. The van der Waals surface area contributed by atoms with Crippen LogP contribution in [0.2, 0.25) is 0 Å². The fourth-order valence-electron chi connectivity index (χ4n) is 6.01. The number of nitrogens with zero attached hydrogens (tertiary/aromatic N) is 1. The zero-order chi connectivity index (χ0) is 33.1. The summed E-state index contributed by atoms with van der Waals surface area (Å²) in [5, 5.41) is 5.81. The number of esters is 1. The number of allylic oxidation sites excluding steroid dienone is 4.